The van der Waals surface area contributed by atoms with E-state index in [1.54, 1.807) is 18.5 Å². The minimum Gasteiger partial charge on any atom is -0.367 e. The van der Waals surface area contributed by atoms with E-state index in [1.807, 2.05) is 0 Å². The van der Waals surface area contributed by atoms with Crippen LogP contribution in [-0.4, -0.2) is 15.2 Å². The monoisotopic (exact) mass is 376 g/mol. The molecule has 26 heavy (non-hydrogen) atoms. The van der Waals surface area contributed by atoms with Crippen LogP contribution in [0.4, 0.5) is 13.2 Å². The molecule has 0 saturated heterocycles. The standard InChI is InChI=1S/C19H15F3N2OS/c20-11-4-5-12-16(8-11)26-17(9-18-23-6-7-24-18)19(12)25-10-13-14(21)2-1-3-15(13)22/h1-8,17,19H,9-10H2,(H,23,24)/t17-,19-/m0/s1. The number of aromatic nitrogens is 2. The molecule has 2 atom stereocenters. The first kappa shape index (κ1) is 17.2. The van der Waals surface area contributed by atoms with E-state index < -0.39 is 17.7 Å². The predicted molar refractivity (Wildman–Crippen MR) is 92.2 cm³/mol. The fourth-order valence-corrected chi connectivity index (χ4v) is 4.48. The fraction of sp³-hybridized carbons (Fsp3) is 0.211. The van der Waals surface area contributed by atoms with Gasteiger partial charge in [-0.25, -0.2) is 18.2 Å². The molecule has 2 heterocycles. The summed E-state index contributed by atoms with van der Waals surface area (Å²) in [6.07, 6.45) is 3.54. The van der Waals surface area contributed by atoms with Crippen molar-refractivity contribution in [2.75, 3.05) is 0 Å². The molecule has 0 aliphatic carbocycles. The van der Waals surface area contributed by atoms with Gasteiger partial charge in [-0.2, -0.15) is 0 Å². The lowest BCUT2D eigenvalue weighted by atomic mass is 10.0. The number of hydrogen-bond acceptors (Lipinski definition) is 3. The Morgan fingerprint density at radius 2 is 1.92 bits per heavy atom. The van der Waals surface area contributed by atoms with Gasteiger partial charge < -0.3 is 9.72 Å². The van der Waals surface area contributed by atoms with Gasteiger partial charge in [0.2, 0.25) is 0 Å². The second-order valence-electron chi connectivity index (χ2n) is 6.01. The third-order valence-electron chi connectivity index (χ3n) is 4.32. The molecule has 0 fully saturated rings. The Balaban J connectivity index is 1.59. The summed E-state index contributed by atoms with van der Waals surface area (Å²) >= 11 is 1.49. The van der Waals surface area contributed by atoms with Crippen molar-refractivity contribution in [2.45, 2.75) is 29.3 Å². The third kappa shape index (κ3) is 3.37. The number of hydrogen-bond donors (Lipinski definition) is 1. The Morgan fingerprint density at radius 1 is 1.12 bits per heavy atom. The number of rotatable bonds is 5. The number of nitrogens with zero attached hydrogens (tertiary/aromatic N) is 1. The van der Waals surface area contributed by atoms with E-state index in [0.717, 1.165) is 16.3 Å². The topological polar surface area (TPSA) is 37.9 Å². The molecule has 3 nitrogen and oxygen atoms in total. The maximum Gasteiger partial charge on any atom is 0.131 e. The number of H-pyrrole nitrogens is 1. The average molecular weight is 376 g/mol. The number of imidazole rings is 1. The predicted octanol–water partition coefficient (Wildman–Crippen LogP) is 4.80. The summed E-state index contributed by atoms with van der Waals surface area (Å²) in [7, 11) is 0. The summed E-state index contributed by atoms with van der Waals surface area (Å²) in [5.74, 6) is -0.828. The molecule has 0 saturated carbocycles. The van der Waals surface area contributed by atoms with E-state index in [1.165, 1.54) is 42.1 Å². The highest BCUT2D eigenvalue weighted by atomic mass is 32.2. The second kappa shape index (κ2) is 7.17. The molecule has 1 aliphatic rings. The Hall–Kier alpha value is -2.25. The van der Waals surface area contributed by atoms with Crippen LogP contribution >= 0.6 is 11.8 Å². The van der Waals surface area contributed by atoms with Crippen molar-refractivity contribution in [2.24, 2.45) is 0 Å². The van der Waals surface area contributed by atoms with Crippen LogP contribution in [0.2, 0.25) is 0 Å². The van der Waals surface area contributed by atoms with Crippen molar-refractivity contribution < 1.29 is 17.9 Å². The van der Waals surface area contributed by atoms with Gasteiger partial charge in [0.1, 0.15) is 23.3 Å². The van der Waals surface area contributed by atoms with E-state index in [-0.39, 0.29) is 23.2 Å². The zero-order chi connectivity index (χ0) is 18.1. The first-order valence-electron chi connectivity index (χ1n) is 8.10. The van der Waals surface area contributed by atoms with E-state index in [4.69, 9.17) is 4.74 Å². The lowest BCUT2D eigenvalue weighted by Gasteiger charge is -2.20. The quantitative estimate of drug-likeness (QED) is 0.695. The van der Waals surface area contributed by atoms with E-state index >= 15 is 0 Å². The number of halogens is 3. The Kier molecular flexibility index (Phi) is 4.74. The highest BCUT2D eigenvalue weighted by molar-refractivity contribution is 8.00. The normalized spacial score (nSPS) is 18.9. The van der Waals surface area contributed by atoms with Crippen LogP contribution in [-0.2, 0) is 17.8 Å². The molecular formula is C19H15F3N2OS. The molecule has 1 N–H and O–H groups in total. The number of ether oxygens (including phenoxy) is 1. The lowest BCUT2D eigenvalue weighted by molar-refractivity contribution is 0.0359. The summed E-state index contributed by atoms with van der Waals surface area (Å²) in [5.41, 5.74) is 0.717. The van der Waals surface area contributed by atoms with Gasteiger partial charge in [-0.3, -0.25) is 0 Å². The van der Waals surface area contributed by atoms with Crippen molar-refractivity contribution in [3.63, 3.8) is 0 Å². The van der Waals surface area contributed by atoms with Crippen LogP contribution < -0.4 is 0 Å². The molecule has 0 unspecified atom stereocenters. The second-order valence-corrected chi connectivity index (χ2v) is 7.29. The maximum atomic E-state index is 13.9. The molecule has 0 amide bonds. The SMILES string of the molecule is Fc1ccc2c(c1)S[C@@H](Cc1ncc[nH]1)[C@H]2OCc1c(F)cccc1F. The van der Waals surface area contributed by atoms with Gasteiger partial charge in [0, 0.05) is 34.5 Å². The first-order chi connectivity index (χ1) is 12.6. The van der Waals surface area contributed by atoms with Crippen molar-refractivity contribution in [3.8, 4) is 0 Å². The summed E-state index contributed by atoms with van der Waals surface area (Å²) in [4.78, 5) is 8.04. The van der Waals surface area contributed by atoms with Crippen LogP contribution in [0.25, 0.3) is 0 Å². The molecule has 134 valence electrons. The fourth-order valence-electron chi connectivity index (χ4n) is 3.06. The Labute approximate surface area is 152 Å². The van der Waals surface area contributed by atoms with Crippen LogP contribution in [0.15, 0.2) is 53.7 Å². The first-order valence-corrected chi connectivity index (χ1v) is 8.98. The minimum absolute atomic E-state index is 0.0761. The smallest absolute Gasteiger partial charge is 0.131 e. The van der Waals surface area contributed by atoms with Gasteiger partial charge in [0.05, 0.1) is 12.7 Å². The average Bonchev–Trinajstić information content (AvgIpc) is 3.22. The van der Waals surface area contributed by atoms with Crippen LogP contribution in [0.1, 0.15) is 23.1 Å². The zero-order valence-corrected chi connectivity index (χ0v) is 14.4. The van der Waals surface area contributed by atoms with Gasteiger partial charge >= 0.3 is 0 Å². The van der Waals surface area contributed by atoms with Crippen molar-refractivity contribution in [1.82, 2.24) is 9.97 Å². The van der Waals surface area contributed by atoms with Gasteiger partial charge in [0.15, 0.2) is 0 Å². The molecule has 3 aromatic rings. The van der Waals surface area contributed by atoms with Crippen LogP contribution in [0.3, 0.4) is 0 Å². The lowest BCUT2D eigenvalue weighted by Crippen LogP contribution is -2.18. The molecule has 1 aliphatic heterocycles. The highest BCUT2D eigenvalue weighted by Crippen LogP contribution is 2.47. The van der Waals surface area contributed by atoms with Gasteiger partial charge in [0.25, 0.3) is 0 Å². The minimum atomic E-state index is -0.641. The number of thioether (sulfide) groups is 1. The zero-order valence-electron chi connectivity index (χ0n) is 13.6. The molecular weight excluding hydrogens is 361 g/mol. The van der Waals surface area contributed by atoms with Gasteiger partial charge in [-0.1, -0.05) is 12.1 Å². The van der Waals surface area contributed by atoms with Crippen LogP contribution in [0, 0.1) is 17.5 Å². The van der Waals surface area contributed by atoms with Crippen molar-refractivity contribution in [1.29, 1.82) is 0 Å². The van der Waals surface area contributed by atoms with Crippen molar-refractivity contribution in [3.05, 3.63) is 83.2 Å². The third-order valence-corrected chi connectivity index (χ3v) is 5.64. The summed E-state index contributed by atoms with van der Waals surface area (Å²) < 4.78 is 47.3. The molecule has 4 rings (SSSR count). The molecule has 2 aromatic carbocycles. The molecule has 1 aromatic heterocycles. The van der Waals surface area contributed by atoms with Crippen LogP contribution in [0.5, 0.6) is 0 Å². The van der Waals surface area contributed by atoms with E-state index in [0.29, 0.717) is 6.42 Å². The van der Waals surface area contributed by atoms with E-state index in [9.17, 15) is 13.2 Å². The summed E-state index contributed by atoms with van der Waals surface area (Å²) in [6, 6.07) is 8.22. The number of fused-ring (bicyclic) bond motifs is 1. The number of nitrogens with one attached hydrogen (secondary N) is 1. The van der Waals surface area contributed by atoms with E-state index in [2.05, 4.69) is 9.97 Å². The molecule has 0 bridgehead atoms. The number of aromatic amines is 1. The highest BCUT2D eigenvalue weighted by Gasteiger charge is 2.35. The largest absolute Gasteiger partial charge is 0.367 e. The molecule has 7 heteroatoms. The van der Waals surface area contributed by atoms with Crippen molar-refractivity contribution >= 4 is 11.8 Å². The Morgan fingerprint density at radius 3 is 2.65 bits per heavy atom. The number of benzene rings is 2. The summed E-state index contributed by atoms with van der Waals surface area (Å²) in [6.45, 7) is -0.199. The Bertz CT molecular complexity index is 897. The molecule has 0 spiro atoms. The van der Waals surface area contributed by atoms with Gasteiger partial charge in [-0.15, -0.1) is 11.8 Å². The maximum absolute atomic E-state index is 13.9. The molecule has 0 radical (unpaired) electrons. The summed E-state index contributed by atoms with van der Waals surface area (Å²) in [5, 5.41) is -0.0761. The van der Waals surface area contributed by atoms with Gasteiger partial charge in [-0.05, 0) is 29.8 Å².